The molecule has 1 N–H and O–H groups in total. The molecule has 3 saturated heterocycles. The van der Waals surface area contributed by atoms with E-state index >= 15 is 0 Å². The van der Waals surface area contributed by atoms with Crippen LogP contribution in [0.15, 0.2) is 18.2 Å². The number of nitrogens with zero attached hydrogens (tertiary/aromatic N) is 3. The van der Waals surface area contributed by atoms with Crippen molar-refractivity contribution in [3.05, 3.63) is 29.3 Å². The maximum Gasteiger partial charge on any atom is 0.320 e. The number of carbonyl (C=O) groups is 1. The van der Waals surface area contributed by atoms with Crippen molar-refractivity contribution in [1.29, 1.82) is 0 Å². The summed E-state index contributed by atoms with van der Waals surface area (Å²) in [7, 11) is 0. The van der Waals surface area contributed by atoms with Crippen LogP contribution in [0.4, 0.5) is 4.79 Å². The van der Waals surface area contributed by atoms with E-state index in [-0.39, 0.29) is 5.41 Å². The van der Waals surface area contributed by atoms with Crippen LogP contribution in [-0.4, -0.2) is 70.6 Å². The van der Waals surface area contributed by atoms with Crippen molar-refractivity contribution in [1.82, 2.24) is 14.7 Å². The third-order valence-electron chi connectivity index (χ3n) is 11.6. The normalized spacial score (nSPS) is 42.5. The molecule has 3 heterocycles. The molecule has 1 aromatic rings. The Kier molecular flexibility index (Phi) is 4.17. The number of hydrogen-bond acceptors (Lipinski definition) is 3. The lowest BCUT2D eigenvalue weighted by Gasteiger charge is -2.66. The van der Waals surface area contributed by atoms with Gasteiger partial charge in [-0.15, -0.1) is 0 Å². The molecule has 0 aromatic heterocycles. The molecule has 6 atom stereocenters. The fourth-order valence-corrected chi connectivity index (χ4v) is 10.4. The van der Waals surface area contributed by atoms with Gasteiger partial charge in [-0.05, 0) is 117 Å². The molecule has 5 unspecified atom stereocenters. The van der Waals surface area contributed by atoms with E-state index < -0.39 is 0 Å². The smallest absolute Gasteiger partial charge is 0.320 e. The van der Waals surface area contributed by atoms with Gasteiger partial charge in [-0.25, -0.2) is 4.79 Å². The molecular formula is C29H39N3O2. The zero-order chi connectivity index (χ0) is 22.7. The first-order valence-corrected chi connectivity index (χ1v) is 14.2. The van der Waals surface area contributed by atoms with Crippen molar-refractivity contribution >= 4 is 6.03 Å². The van der Waals surface area contributed by atoms with Gasteiger partial charge in [0.2, 0.25) is 0 Å². The molecular weight excluding hydrogens is 422 g/mol. The predicted molar refractivity (Wildman–Crippen MR) is 131 cm³/mol. The van der Waals surface area contributed by atoms with Crippen LogP contribution in [0.1, 0.15) is 68.9 Å². The summed E-state index contributed by atoms with van der Waals surface area (Å²) >= 11 is 0. The van der Waals surface area contributed by atoms with Gasteiger partial charge >= 0.3 is 6.03 Å². The third-order valence-corrected chi connectivity index (χ3v) is 11.6. The van der Waals surface area contributed by atoms with Gasteiger partial charge in [0, 0.05) is 43.7 Å². The molecule has 3 saturated carbocycles. The van der Waals surface area contributed by atoms with Crippen LogP contribution in [0.5, 0.6) is 5.75 Å². The van der Waals surface area contributed by atoms with Crippen molar-refractivity contribution in [3.8, 4) is 5.75 Å². The number of phenolic OH excluding ortho intramolecular Hbond substituents is 1. The summed E-state index contributed by atoms with van der Waals surface area (Å²) in [6, 6.07) is 7.67. The highest BCUT2D eigenvalue weighted by molar-refractivity contribution is 5.76. The van der Waals surface area contributed by atoms with Gasteiger partial charge in [0.15, 0.2) is 0 Å². The highest BCUT2D eigenvalue weighted by Crippen LogP contribution is 2.75. The van der Waals surface area contributed by atoms with Crippen LogP contribution in [0.2, 0.25) is 0 Å². The van der Waals surface area contributed by atoms with Gasteiger partial charge in [0.05, 0.1) is 0 Å². The average Bonchev–Trinajstić information content (AvgIpc) is 3.55. The Morgan fingerprint density at radius 2 is 1.91 bits per heavy atom. The SMILES string of the molecule is O=C(N1CCCCC1)N1C[C@H]2CC34CCC1C2C31CCN(CC2CC2)C4Cc2ccc(O)cc21. The first-order valence-electron chi connectivity index (χ1n) is 14.2. The van der Waals surface area contributed by atoms with Gasteiger partial charge in [0.1, 0.15) is 5.75 Å². The molecule has 4 bridgehead atoms. The number of benzene rings is 1. The molecule has 4 aliphatic carbocycles. The Labute approximate surface area is 203 Å². The molecule has 182 valence electrons. The standard InChI is InChI=1S/C29H39N3O2/c33-22-7-6-20-14-25-28-9-8-24-26(21(16-28)18-32(24)27(34)30-11-2-1-3-12-30)29(28,23(20)15-22)10-13-31(25)17-19-4-5-19/h6-7,15,19,21,24-26,33H,1-5,8-14,16-18H2/t21-,24?,25?,26?,28?,29?/m1/s1. The molecule has 7 aliphatic rings. The minimum atomic E-state index is 0.147. The number of rotatable bonds is 2. The quantitative estimate of drug-likeness (QED) is 0.711. The summed E-state index contributed by atoms with van der Waals surface area (Å²) in [4.78, 5) is 21.1. The van der Waals surface area contributed by atoms with Crippen LogP contribution in [0.25, 0.3) is 0 Å². The Balaban J connectivity index is 1.22. The van der Waals surface area contributed by atoms with E-state index in [1.54, 1.807) is 0 Å². The van der Waals surface area contributed by atoms with Crippen LogP contribution < -0.4 is 0 Å². The van der Waals surface area contributed by atoms with Crippen molar-refractivity contribution in [2.75, 3.05) is 32.7 Å². The van der Waals surface area contributed by atoms with E-state index in [9.17, 15) is 9.90 Å². The number of amides is 2. The fraction of sp³-hybridized carbons (Fsp3) is 0.759. The lowest BCUT2D eigenvalue weighted by Crippen LogP contribution is -2.70. The largest absolute Gasteiger partial charge is 0.508 e. The monoisotopic (exact) mass is 461 g/mol. The summed E-state index contributed by atoms with van der Waals surface area (Å²) in [5.41, 5.74) is 3.45. The number of phenols is 1. The number of aromatic hydroxyl groups is 1. The second kappa shape index (κ2) is 6.93. The van der Waals surface area contributed by atoms with Crippen LogP contribution in [0, 0.1) is 23.2 Å². The molecule has 5 nitrogen and oxygen atoms in total. The highest BCUT2D eigenvalue weighted by atomic mass is 16.3. The summed E-state index contributed by atoms with van der Waals surface area (Å²) in [6.07, 6.45) is 12.5. The number of urea groups is 1. The number of likely N-dealkylation sites (tertiary alicyclic amines) is 3. The van der Waals surface area contributed by atoms with E-state index in [2.05, 4.69) is 26.8 Å². The number of hydrogen-bond donors (Lipinski definition) is 1. The second-order valence-electron chi connectivity index (χ2n) is 13.0. The Bertz CT molecular complexity index is 1030. The molecule has 0 spiro atoms. The van der Waals surface area contributed by atoms with E-state index in [0.717, 1.165) is 44.8 Å². The Morgan fingerprint density at radius 1 is 1.06 bits per heavy atom. The fourth-order valence-electron chi connectivity index (χ4n) is 10.4. The molecule has 1 aromatic carbocycles. The van der Waals surface area contributed by atoms with Crippen molar-refractivity contribution < 1.29 is 9.90 Å². The van der Waals surface area contributed by atoms with Gasteiger partial charge in [-0.1, -0.05) is 6.07 Å². The number of carbonyl (C=O) groups excluding carboxylic acids is 1. The Hall–Kier alpha value is -1.75. The van der Waals surface area contributed by atoms with Crippen molar-refractivity contribution in [3.63, 3.8) is 0 Å². The van der Waals surface area contributed by atoms with Gasteiger partial charge in [-0.2, -0.15) is 0 Å². The Morgan fingerprint density at radius 3 is 2.74 bits per heavy atom. The average molecular weight is 462 g/mol. The summed E-state index contributed by atoms with van der Waals surface area (Å²) < 4.78 is 0. The molecule has 3 aliphatic heterocycles. The minimum Gasteiger partial charge on any atom is -0.508 e. The topological polar surface area (TPSA) is 47.0 Å². The molecule has 8 rings (SSSR count). The van der Waals surface area contributed by atoms with E-state index in [1.807, 2.05) is 6.07 Å². The molecule has 6 fully saturated rings. The van der Waals surface area contributed by atoms with Crippen molar-refractivity contribution in [2.45, 2.75) is 81.7 Å². The second-order valence-corrected chi connectivity index (χ2v) is 13.0. The van der Waals surface area contributed by atoms with Crippen LogP contribution in [-0.2, 0) is 11.8 Å². The number of fused-ring (bicyclic) bond motifs is 1. The molecule has 5 heteroatoms. The third kappa shape index (κ3) is 2.48. The maximum absolute atomic E-state index is 13.7. The van der Waals surface area contributed by atoms with E-state index in [0.29, 0.717) is 41.1 Å². The van der Waals surface area contributed by atoms with Crippen LogP contribution in [0.3, 0.4) is 0 Å². The molecule has 34 heavy (non-hydrogen) atoms. The van der Waals surface area contributed by atoms with Gasteiger partial charge in [0.25, 0.3) is 0 Å². The first kappa shape index (κ1) is 20.4. The van der Waals surface area contributed by atoms with Gasteiger partial charge < -0.3 is 14.9 Å². The summed E-state index contributed by atoms with van der Waals surface area (Å²) in [5.74, 6) is 2.56. The summed E-state index contributed by atoms with van der Waals surface area (Å²) in [5, 5.41) is 10.6. The first-order chi connectivity index (χ1) is 16.6. The van der Waals surface area contributed by atoms with E-state index in [4.69, 9.17) is 0 Å². The number of piperidine rings is 2. The predicted octanol–water partition coefficient (Wildman–Crippen LogP) is 4.38. The minimum absolute atomic E-state index is 0.147. The molecule has 2 amide bonds. The highest BCUT2D eigenvalue weighted by Gasteiger charge is 2.76. The lowest BCUT2D eigenvalue weighted by atomic mass is 9.43. The van der Waals surface area contributed by atoms with Gasteiger partial charge in [-0.3, -0.25) is 4.90 Å². The van der Waals surface area contributed by atoms with Crippen molar-refractivity contribution in [2.24, 2.45) is 23.2 Å². The zero-order valence-electron chi connectivity index (χ0n) is 20.4. The molecule has 0 radical (unpaired) electrons. The van der Waals surface area contributed by atoms with E-state index in [1.165, 1.54) is 69.2 Å². The summed E-state index contributed by atoms with van der Waals surface area (Å²) in [6.45, 7) is 5.36. The lowest BCUT2D eigenvalue weighted by molar-refractivity contribution is -0.102. The maximum atomic E-state index is 13.7. The van der Waals surface area contributed by atoms with Crippen LogP contribution >= 0.6 is 0 Å². The zero-order valence-corrected chi connectivity index (χ0v) is 20.4.